The summed E-state index contributed by atoms with van der Waals surface area (Å²) in [5, 5.41) is 2.60. The van der Waals surface area contributed by atoms with Gasteiger partial charge in [-0.1, -0.05) is 6.07 Å². The fourth-order valence-corrected chi connectivity index (χ4v) is 1.50. The molecule has 3 N–H and O–H groups in total. The lowest BCUT2D eigenvalue weighted by Crippen LogP contribution is -2.15. The summed E-state index contributed by atoms with van der Waals surface area (Å²) < 4.78 is 13.4. The molecule has 1 aliphatic rings. The van der Waals surface area contributed by atoms with E-state index in [1.165, 1.54) is 6.07 Å². The number of hydrogen-bond acceptors (Lipinski definition) is 2. The molecular weight excluding hydrogens is 207 g/mol. The van der Waals surface area contributed by atoms with Crippen molar-refractivity contribution in [2.45, 2.75) is 25.8 Å². The largest absolute Gasteiger partial charge is 0.324 e. The van der Waals surface area contributed by atoms with E-state index in [-0.39, 0.29) is 23.6 Å². The summed E-state index contributed by atoms with van der Waals surface area (Å²) in [5.74, 6) is -0.447. The fourth-order valence-electron chi connectivity index (χ4n) is 1.50. The number of halogens is 1. The monoisotopic (exact) mass is 222 g/mol. The van der Waals surface area contributed by atoms with Gasteiger partial charge < -0.3 is 11.1 Å². The molecule has 0 aromatic heterocycles. The summed E-state index contributed by atoms with van der Waals surface area (Å²) in [4.78, 5) is 11.5. The van der Waals surface area contributed by atoms with E-state index in [4.69, 9.17) is 5.73 Å². The lowest BCUT2D eigenvalue weighted by Gasteiger charge is -2.10. The molecule has 3 nitrogen and oxygen atoms in total. The van der Waals surface area contributed by atoms with Gasteiger partial charge in [-0.3, -0.25) is 4.79 Å². The lowest BCUT2D eigenvalue weighted by atomic mass is 10.1. The third kappa shape index (κ3) is 2.39. The Morgan fingerprint density at radius 3 is 2.81 bits per heavy atom. The average molecular weight is 222 g/mol. The third-order valence-electron chi connectivity index (χ3n) is 2.72. The first kappa shape index (κ1) is 11.1. The van der Waals surface area contributed by atoms with Crippen LogP contribution in [0.1, 0.15) is 31.4 Å². The topological polar surface area (TPSA) is 55.1 Å². The standard InChI is InChI=1S/C12H15FN2O/c1-7(14)9-4-5-10(13)11(6-9)15-12(16)8-2-3-8/h4-8H,2-3,14H2,1H3,(H,15,16). The molecule has 1 aliphatic carbocycles. The van der Waals surface area contributed by atoms with Crippen molar-refractivity contribution in [3.8, 4) is 0 Å². The number of hydrogen-bond donors (Lipinski definition) is 2. The zero-order valence-electron chi connectivity index (χ0n) is 9.16. The minimum Gasteiger partial charge on any atom is -0.324 e. The molecule has 1 fully saturated rings. The molecule has 1 atom stereocenters. The molecule has 1 saturated carbocycles. The maximum atomic E-state index is 13.4. The second-order valence-electron chi connectivity index (χ2n) is 4.29. The number of nitrogens with one attached hydrogen (secondary N) is 1. The number of carbonyl (C=O) groups is 1. The molecule has 1 aromatic rings. The second kappa shape index (κ2) is 4.22. The Kier molecular flexibility index (Phi) is 2.92. The van der Waals surface area contributed by atoms with Crippen LogP contribution in [-0.4, -0.2) is 5.91 Å². The van der Waals surface area contributed by atoms with Gasteiger partial charge in [-0.05, 0) is 37.5 Å². The Morgan fingerprint density at radius 2 is 2.25 bits per heavy atom. The molecule has 0 radical (unpaired) electrons. The van der Waals surface area contributed by atoms with E-state index in [1.54, 1.807) is 12.1 Å². The number of carbonyl (C=O) groups excluding carboxylic acids is 1. The van der Waals surface area contributed by atoms with Crippen LogP contribution in [0.25, 0.3) is 0 Å². The fraction of sp³-hybridized carbons (Fsp3) is 0.417. The number of amides is 1. The van der Waals surface area contributed by atoms with Gasteiger partial charge in [-0.2, -0.15) is 0 Å². The summed E-state index contributed by atoms with van der Waals surface area (Å²) in [7, 11) is 0. The van der Waals surface area contributed by atoms with Gasteiger partial charge in [-0.25, -0.2) is 4.39 Å². The maximum Gasteiger partial charge on any atom is 0.227 e. The van der Waals surface area contributed by atoms with Crippen molar-refractivity contribution < 1.29 is 9.18 Å². The van der Waals surface area contributed by atoms with Crippen molar-refractivity contribution in [2.24, 2.45) is 11.7 Å². The zero-order valence-corrected chi connectivity index (χ0v) is 9.16. The van der Waals surface area contributed by atoms with Gasteiger partial charge in [0.2, 0.25) is 5.91 Å². The summed E-state index contributed by atoms with van der Waals surface area (Å²) in [6.45, 7) is 1.82. The van der Waals surface area contributed by atoms with E-state index in [9.17, 15) is 9.18 Å². The summed E-state index contributed by atoms with van der Waals surface area (Å²) in [5.41, 5.74) is 6.74. The molecule has 2 rings (SSSR count). The van der Waals surface area contributed by atoms with Gasteiger partial charge in [0, 0.05) is 12.0 Å². The van der Waals surface area contributed by atoms with Crippen LogP contribution in [0.2, 0.25) is 0 Å². The Labute approximate surface area is 93.8 Å². The van der Waals surface area contributed by atoms with E-state index in [2.05, 4.69) is 5.32 Å². The second-order valence-corrected chi connectivity index (χ2v) is 4.29. The molecule has 4 heteroatoms. The number of rotatable bonds is 3. The Hall–Kier alpha value is -1.42. The Morgan fingerprint density at radius 1 is 1.56 bits per heavy atom. The van der Waals surface area contributed by atoms with Crippen molar-refractivity contribution >= 4 is 11.6 Å². The van der Waals surface area contributed by atoms with Crippen LogP contribution in [-0.2, 0) is 4.79 Å². The van der Waals surface area contributed by atoms with Crippen LogP contribution < -0.4 is 11.1 Å². The third-order valence-corrected chi connectivity index (χ3v) is 2.72. The quantitative estimate of drug-likeness (QED) is 0.823. The van der Waals surface area contributed by atoms with Gasteiger partial charge in [0.1, 0.15) is 5.82 Å². The van der Waals surface area contributed by atoms with E-state index in [0.29, 0.717) is 0 Å². The first-order valence-corrected chi connectivity index (χ1v) is 5.44. The SMILES string of the molecule is CC(N)c1ccc(F)c(NC(=O)C2CC2)c1. The van der Waals surface area contributed by atoms with Gasteiger partial charge in [0.05, 0.1) is 5.69 Å². The van der Waals surface area contributed by atoms with E-state index < -0.39 is 5.82 Å². The van der Waals surface area contributed by atoms with E-state index in [0.717, 1.165) is 18.4 Å². The summed E-state index contributed by atoms with van der Waals surface area (Å²) in [6.07, 6.45) is 1.81. The smallest absolute Gasteiger partial charge is 0.227 e. The summed E-state index contributed by atoms with van der Waals surface area (Å²) >= 11 is 0. The van der Waals surface area contributed by atoms with Gasteiger partial charge in [0.25, 0.3) is 0 Å². The number of benzene rings is 1. The molecule has 16 heavy (non-hydrogen) atoms. The average Bonchev–Trinajstić information content (AvgIpc) is 3.04. The van der Waals surface area contributed by atoms with Crippen LogP contribution in [0, 0.1) is 11.7 Å². The molecule has 0 spiro atoms. The minimum atomic E-state index is -0.418. The molecule has 1 amide bonds. The van der Waals surface area contributed by atoms with E-state index >= 15 is 0 Å². The maximum absolute atomic E-state index is 13.4. The first-order chi connectivity index (χ1) is 7.58. The highest BCUT2D eigenvalue weighted by molar-refractivity contribution is 5.94. The van der Waals surface area contributed by atoms with Gasteiger partial charge >= 0.3 is 0 Å². The highest BCUT2D eigenvalue weighted by atomic mass is 19.1. The predicted molar refractivity (Wildman–Crippen MR) is 60.4 cm³/mol. The highest BCUT2D eigenvalue weighted by Crippen LogP contribution is 2.31. The molecule has 1 aromatic carbocycles. The first-order valence-electron chi connectivity index (χ1n) is 5.44. The molecule has 1 unspecified atom stereocenters. The van der Waals surface area contributed by atoms with Crippen LogP contribution in [0.15, 0.2) is 18.2 Å². The summed E-state index contributed by atoms with van der Waals surface area (Å²) in [6, 6.07) is 4.39. The van der Waals surface area contributed by atoms with E-state index in [1.807, 2.05) is 6.92 Å². The zero-order chi connectivity index (χ0) is 11.7. The predicted octanol–water partition coefficient (Wildman–Crippen LogP) is 2.19. The molecule has 0 saturated heterocycles. The lowest BCUT2D eigenvalue weighted by molar-refractivity contribution is -0.117. The van der Waals surface area contributed by atoms with Gasteiger partial charge in [-0.15, -0.1) is 0 Å². The van der Waals surface area contributed by atoms with Crippen molar-refractivity contribution in [3.05, 3.63) is 29.6 Å². The van der Waals surface area contributed by atoms with Gasteiger partial charge in [0.15, 0.2) is 0 Å². The van der Waals surface area contributed by atoms with Crippen molar-refractivity contribution in [1.82, 2.24) is 0 Å². The Bertz CT molecular complexity index is 413. The molecule has 0 heterocycles. The Balaban J connectivity index is 2.17. The normalized spacial score (nSPS) is 16.9. The molecule has 86 valence electrons. The van der Waals surface area contributed by atoms with Crippen LogP contribution in [0.5, 0.6) is 0 Å². The molecule has 0 bridgehead atoms. The van der Waals surface area contributed by atoms with Crippen molar-refractivity contribution in [1.29, 1.82) is 0 Å². The molecular formula is C12H15FN2O. The highest BCUT2D eigenvalue weighted by Gasteiger charge is 2.30. The number of nitrogens with two attached hydrogens (primary N) is 1. The number of anilines is 1. The van der Waals surface area contributed by atoms with Crippen molar-refractivity contribution in [2.75, 3.05) is 5.32 Å². The minimum absolute atomic E-state index is 0.0679. The van der Waals surface area contributed by atoms with Crippen LogP contribution in [0.4, 0.5) is 10.1 Å². The molecule has 0 aliphatic heterocycles. The van der Waals surface area contributed by atoms with Crippen molar-refractivity contribution in [3.63, 3.8) is 0 Å². The van der Waals surface area contributed by atoms with Crippen LogP contribution >= 0.6 is 0 Å². The van der Waals surface area contributed by atoms with Crippen LogP contribution in [0.3, 0.4) is 0 Å².